The highest BCUT2D eigenvalue weighted by Gasteiger charge is 2.16. The van der Waals surface area contributed by atoms with Gasteiger partial charge in [-0.05, 0) is 30.2 Å². The number of fused-ring (bicyclic) bond motifs is 3. The van der Waals surface area contributed by atoms with Crippen LogP contribution in [0.4, 0.5) is 0 Å². The Morgan fingerprint density at radius 2 is 2.00 bits per heavy atom. The van der Waals surface area contributed by atoms with Crippen LogP contribution in [-0.2, 0) is 21.3 Å². The molecule has 2 aromatic heterocycles. The molecule has 0 spiro atoms. The highest BCUT2D eigenvalue weighted by Crippen LogP contribution is 2.27. The molecule has 0 saturated carbocycles. The van der Waals surface area contributed by atoms with Crippen LogP contribution >= 0.6 is 0 Å². The van der Waals surface area contributed by atoms with Crippen molar-refractivity contribution >= 4 is 37.9 Å². The summed E-state index contributed by atoms with van der Waals surface area (Å²) in [6, 6.07) is 3.82. The maximum Gasteiger partial charge on any atom is 0.303 e. The van der Waals surface area contributed by atoms with E-state index in [-0.39, 0.29) is 23.3 Å². The summed E-state index contributed by atoms with van der Waals surface area (Å²) in [4.78, 5) is 27.9. The van der Waals surface area contributed by atoms with Gasteiger partial charge in [-0.2, -0.15) is 8.42 Å². The molecule has 23 heavy (non-hydrogen) atoms. The summed E-state index contributed by atoms with van der Waals surface area (Å²) < 4.78 is 31.8. The number of carboxylic acids is 1. The fourth-order valence-corrected chi connectivity index (χ4v) is 3.08. The molecule has 0 radical (unpaired) electrons. The van der Waals surface area contributed by atoms with Crippen molar-refractivity contribution in [3.8, 4) is 0 Å². The molecule has 0 amide bonds. The molecule has 9 heteroatoms. The Morgan fingerprint density at radius 3 is 2.65 bits per heavy atom. The van der Waals surface area contributed by atoms with Gasteiger partial charge in [-0.1, -0.05) is 0 Å². The Labute approximate surface area is 129 Å². The molecule has 3 rings (SSSR count). The Kier molecular flexibility index (Phi) is 3.46. The Morgan fingerprint density at radius 1 is 1.26 bits per heavy atom. The quantitative estimate of drug-likeness (QED) is 0.529. The van der Waals surface area contributed by atoms with Crippen LogP contribution in [0.25, 0.3) is 21.8 Å². The monoisotopic (exact) mass is 336 g/mol. The van der Waals surface area contributed by atoms with E-state index in [4.69, 9.17) is 5.11 Å². The van der Waals surface area contributed by atoms with E-state index in [1.807, 2.05) is 0 Å². The fourth-order valence-electron chi connectivity index (χ4n) is 2.57. The number of H-pyrrole nitrogens is 2. The molecule has 4 N–H and O–H groups in total. The number of aliphatic carboxylic acids is 1. The molecule has 3 aromatic rings. The van der Waals surface area contributed by atoms with Crippen LogP contribution < -0.4 is 5.56 Å². The second-order valence-electron chi connectivity index (χ2n) is 5.09. The number of aromatic nitrogens is 2. The van der Waals surface area contributed by atoms with Gasteiger partial charge in [0.1, 0.15) is 5.52 Å². The maximum atomic E-state index is 12.1. The van der Waals surface area contributed by atoms with E-state index < -0.39 is 21.6 Å². The third-order valence-corrected chi connectivity index (χ3v) is 4.45. The predicted octanol–water partition coefficient (Wildman–Crippen LogP) is 1.27. The summed E-state index contributed by atoms with van der Waals surface area (Å²) in [7, 11) is -4.39. The second-order valence-corrected chi connectivity index (χ2v) is 6.52. The topological polar surface area (TPSA) is 140 Å². The average molecular weight is 336 g/mol. The van der Waals surface area contributed by atoms with Gasteiger partial charge in [-0.15, -0.1) is 0 Å². The van der Waals surface area contributed by atoms with E-state index in [9.17, 15) is 22.6 Å². The number of carboxylic acid groups (broad SMARTS) is 1. The normalized spacial score (nSPS) is 12.0. The van der Waals surface area contributed by atoms with Gasteiger partial charge in [0.05, 0.1) is 4.90 Å². The van der Waals surface area contributed by atoms with Crippen molar-refractivity contribution in [2.75, 3.05) is 0 Å². The zero-order valence-corrected chi connectivity index (χ0v) is 12.5. The lowest BCUT2D eigenvalue weighted by molar-refractivity contribution is -0.136. The van der Waals surface area contributed by atoms with Crippen LogP contribution in [0.2, 0.25) is 0 Å². The molecule has 1 aromatic carbocycles. The second kappa shape index (κ2) is 5.21. The molecule has 0 fully saturated rings. The van der Waals surface area contributed by atoms with Crippen molar-refractivity contribution in [3.05, 3.63) is 40.3 Å². The molecular formula is C14H12N2O6S. The highest BCUT2D eigenvalue weighted by molar-refractivity contribution is 7.85. The average Bonchev–Trinajstić information content (AvgIpc) is 2.88. The zero-order chi connectivity index (χ0) is 16.8. The number of benzene rings is 1. The van der Waals surface area contributed by atoms with Crippen LogP contribution in [0.5, 0.6) is 0 Å². The van der Waals surface area contributed by atoms with Gasteiger partial charge in [0.2, 0.25) is 0 Å². The van der Waals surface area contributed by atoms with Crippen LogP contribution in [-0.4, -0.2) is 34.0 Å². The number of carbonyl (C=O) groups is 1. The largest absolute Gasteiger partial charge is 0.481 e. The Hall–Kier alpha value is -2.65. The van der Waals surface area contributed by atoms with Gasteiger partial charge in [-0.25, -0.2) is 0 Å². The van der Waals surface area contributed by atoms with E-state index in [0.29, 0.717) is 21.9 Å². The molecule has 0 unspecified atom stereocenters. The fraction of sp³-hybridized carbons (Fsp3) is 0.143. The molecule has 0 aliphatic rings. The molecule has 0 bridgehead atoms. The first-order valence-corrected chi connectivity index (χ1v) is 8.06. The van der Waals surface area contributed by atoms with Crippen molar-refractivity contribution in [1.29, 1.82) is 0 Å². The SMILES string of the molecule is O=C(O)CCc1c[nH]c2c(=O)[nH]c3ccc(S(=O)(=O)O)cc3c12. The molecule has 0 aliphatic heterocycles. The van der Waals surface area contributed by atoms with Crippen LogP contribution in [0.1, 0.15) is 12.0 Å². The molecule has 120 valence electrons. The molecule has 0 atom stereocenters. The van der Waals surface area contributed by atoms with Crippen LogP contribution in [0.15, 0.2) is 34.1 Å². The minimum Gasteiger partial charge on any atom is -0.481 e. The van der Waals surface area contributed by atoms with E-state index >= 15 is 0 Å². The third-order valence-electron chi connectivity index (χ3n) is 3.60. The van der Waals surface area contributed by atoms with Gasteiger partial charge in [0.25, 0.3) is 15.7 Å². The lowest BCUT2D eigenvalue weighted by atomic mass is 10.0. The summed E-state index contributed by atoms with van der Waals surface area (Å²) in [5.41, 5.74) is 0.816. The van der Waals surface area contributed by atoms with Crippen molar-refractivity contribution in [3.63, 3.8) is 0 Å². The predicted molar refractivity (Wildman–Crippen MR) is 82.2 cm³/mol. The van der Waals surface area contributed by atoms with Crippen LogP contribution in [0.3, 0.4) is 0 Å². The molecule has 8 nitrogen and oxygen atoms in total. The van der Waals surface area contributed by atoms with Crippen molar-refractivity contribution < 1.29 is 22.9 Å². The van der Waals surface area contributed by atoms with E-state index in [0.717, 1.165) is 0 Å². The standard InChI is InChI=1S/C14H12N2O6S/c17-11(18)4-1-7-6-15-13-12(7)9-5-8(23(20,21)22)2-3-10(9)16-14(13)19/h2-3,5-6,15H,1,4H2,(H,16,19)(H,17,18)(H,20,21,22). The summed E-state index contributed by atoms with van der Waals surface area (Å²) in [5.74, 6) is -0.980. The van der Waals surface area contributed by atoms with Crippen LogP contribution in [0, 0.1) is 0 Å². The lowest BCUT2D eigenvalue weighted by Crippen LogP contribution is -2.07. The van der Waals surface area contributed by atoms with E-state index in [1.165, 1.54) is 24.4 Å². The number of pyridine rings is 1. The van der Waals surface area contributed by atoms with E-state index in [1.54, 1.807) is 0 Å². The molecule has 0 saturated heterocycles. The highest BCUT2D eigenvalue weighted by atomic mass is 32.2. The minimum atomic E-state index is -4.39. The summed E-state index contributed by atoms with van der Waals surface area (Å²) in [6.45, 7) is 0. The van der Waals surface area contributed by atoms with Gasteiger partial charge in [0.15, 0.2) is 0 Å². The number of aromatic amines is 2. The Balaban J connectivity index is 2.35. The van der Waals surface area contributed by atoms with Gasteiger partial charge < -0.3 is 15.1 Å². The van der Waals surface area contributed by atoms with Crippen molar-refractivity contribution in [2.24, 2.45) is 0 Å². The van der Waals surface area contributed by atoms with E-state index in [2.05, 4.69) is 9.97 Å². The van der Waals surface area contributed by atoms with Gasteiger partial charge in [0, 0.05) is 28.9 Å². The first-order valence-electron chi connectivity index (χ1n) is 6.62. The summed E-state index contributed by atoms with van der Waals surface area (Å²) in [5, 5.41) is 9.68. The molecule has 0 aliphatic carbocycles. The minimum absolute atomic E-state index is 0.126. The number of rotatable bonds is 4. The first-order chi connectivity index (χ1) is 10.8. The zero-order valence-electron chi connectivity index (χ0n) is 11.7. The summed E-state index contributed by atoms with van der Waals surface area (Å²) >= 11 is 0. The van der Waals surface area contributed by atoms with Crippen molar-refractivity contribution in [1.82, 2.24) is 9.97 Å². The lowest BCUT2D eigenvalue weighted by Gasteiger charge is -2.05. The number of hydrogen-bond acceptors (Lipinski definition) is 4. The Bertz CT molecular complexity index is 1090. The van der Waals surface area contributed by atoms with Crippen molar-refractivity contribution in [2.45, 2.75) is 17.7 Å². The third kappa shape index (κ3) is 2.71. The molecule has 2 heterocycles. The number of hydrogen-bond donors (Lipinski definition) is 4. The summed E-state index contributed by atoms with van der Waals surface area (Å²) in [6.07, 6.45) is 1.59. The smallest absolute Gasteiger partial charge is 0.303 e. The molecular weight excluding hydrogens is 324 g/mol. The first kappa shape index (κ1) is 15.3. The van der Waals surface area contributed by atoms with Gasteiger partial charge in [-0.3, -0.25) is 14.1 Å². The van der Waals surface area contributed by atoms with Gasteiger partial charge >= 0.3 is 5.97 Å². The number of aryl methyl sites for hydroxylation is 1. The number of nitrogens with one attached hydrogen (secondary N) is 2. The maximum absolute atomic E-state index is 12.1.